The molecular weight excluding hydrogens is 266 g/mol. The molecule has 1 unspecified atom stereocenters. The number of pyridine rings is 1. The molecule has 0 bridgehead atoms. The van der Waals surface area contributed by atoms with Crippen LogP contribution in [0.2, 0.25) is 0 Å². The Morgan fingerprint density at radius 2 is 2.38 bits per heavy atom. The van der Waals surface area contributed by atoms with Gasteiger partial charge in [-0.2, -0.15) is 4.98 Å². The average Bonchev–Trinajstić information content (AvgIpc) is 2.98. The number of hydrogen-bond donors (Lipinski definition) is 1. The first kappa shape index (κ1) is 14.2. The molecule has 1 aliphatic heterocycles. The van der Waals surface area contributed by atoms with E-state index in [9.17, 15) is 0 Å². The zero-order chi connectivity index (χ0) is 14.7. The Balaban J connectivity index is 1.75. The van der Waals surface area contributed by atoms with Crippen LogP contribution in [0.15, 0.2) is 29.0 Å². The smallest absolute Gasteiger partial charge is 0.229 e. The molecular formula is C15H21N5O. The summed E-state index contributed by atoms with van der Waals surface area (Å²) in [5.74, 6) is 1.73. The summed E-state index contributed by atoms with van der Waals surface area (Å²) < 4.78 is 5.29. The van der Waals surface area contributed by atoms with Crippen molar-refractivity contribution in [3.63, 3.8) is 0 Å². The van der Waals surface area contributed by atoms with Gasteiger partial charge in [-0.15, -0.1) is 0 Å². The van der Waals surface area contributed by atoms with Crippen LogP contribution in [0.5, 0.6) is 0 Å². The molecule has 112 valence electrons. The minimum Gasteiger partial charge on any atom is -0.339 e. The van der Waals surface area contributed by atoms with E-state index >= 15 is 0 Å². The summed E-state index contributed by atoms with van der Waals surface area (Å²) in [6.45, 7) is 7.68. The van der Waals surface area contributed by atoms with E-state index in [1.54, 1.807) is 6.20 Å². The third kappa shape index (κ3) is 3.28. The maximum atomic E-state index is 5.29. The van der Waals surface area contributed by atoms with E-state index in [1.165, 1.54) is 5.56 Å². The predicted octanol–water partition coefficient (Wildman–Crippen LogP) is 1.73. The van der Waals surface area contributed by atoms with Crippen molar-refractivity contribution in [2.45, 2.75) is 32.4 Å². The van der Waals surface area contributed by atoms with Crippen LogP contribution in [-0.4, -0.2) is 39.7 Å². The first-order chi connectivity index (χ1) is 10.2. The van der Waals surface area contributed by atoms with Crippen molar-refractivity contribution in [2.75, 3.05) is 19.6 Å². The number of nitrogens with zero attached hydrogens (tertiary/aromatic N) is 4. The van der Waals surface area contributed by atoms with E-state index in [4.69, 9.17) is 4.52 Å². The summed E-state index contributed by atoms with van der Waals surface area (Å²) in [6, 6.07) is 4.40. The molecule has 0 spiro atoms. The SMILES string of the molecule is CC(C)c1nc(CN2CCNCC2c2cccnc2)no1. The van der Waals surface area contributed by atoms with Gasteiger partial charge in [0.05, 0.1) is 6.54 Å². The van der Waals surface area contributed by atoms with E-state index < -0.39 is 0 Å². The van der Waals surface area contributed by atoms with Crippen LogP contribution >= 0.6 is 0 Å². The highest BCUT2D eigenvalue weighted by Crippen LogP contribution is 2.23. The molecule has 0 aliphatic carbocycles. The van der Waals surface area contributed by atoms with Gasteiger partial charge in [-0.1, -0.05) is 25.1 Å². The molecule has 6 heteroatoms. The number of rotatable bonds is 4. The fourth-order valence-electron chi connectivity index (χ4n) is 2.59. The van der Waals surface area contributed by atoms with Gasteiger partial charge in [0.2, 0.25) is 5.89 Å². The molecule has 1 saturated heterocycles. The molecule has 1 fully saturated rings. The zero-order valence-corrected chi connectivity index (χ0v) is 12.5. The van der Waals surface area contributed by atoms with E-state index in [-0.39, 0.29) is 5.92 Å². The molecule has 0 aromatic carbocycles. The van der Waals surface area contributed by atoms with Crippen LogP contribution in [0.4, 0.5) is 0 Å². The van der Waals surface area contributed by atoms with Crippen molar-refractivity contribution in [3.05, 3.63) is 41.8 Å². The molecule has 2 aromatic heterocycles. The quantitative estimate of drug-likeness (QED) is 0.924. The number of nitrogens with one attached hydrogen (secondary N) is 1. The summed E-state index contributed by atoms with van der Waals surface area (Å²) in [4.78, 5) is 11.1. The summed E-state index contributed by atoms with van der Waals surface area (Å²) >= 11 is 0. The first-order valence-electron chi connectivity index (χ1n) is 7.41. The third-order valence-corrected chi connectivity index (χ3v) is 3.75. The topological polar surface area (TPSA) is 67.1 Å². The lowest BCUT2D eigenvalue weighted by atomic mass is 10.1. The van der Waals surface area contributed by atoms with Crippen molar-refractivity contribution in [1.29, 1.82) is 0 Å². The van der Waals surface area contributed by atoms with Gasteiger partial charge in [-0.25, -0.2) is 0 Å². The molecule has 0 amide bonds. The van der Waals surface area contributed by atoms with E-state index in [0.29, 0.717) is 18.5 Å². The lowest BCUT2D eigenvalue weighted by molar-refractivity contribution is 0.148. The first-order valence-corrected chi connectivity index (χ1v) is 7.41. The van der Waals surface area contributed by atoms with Gasteiger partial charge in [0.1, 0.15) is 0 Å². The average molecular weight is 287 g/mol. The Hall–Kier alpha value is -1.79. The molecule has 3 rings (SSSR count). The van der Waals surface area contributed by atoms with Gasteiger partial charge >= 0.3 is 0 Å². The summed E-state index contributed by atoms with van der Waals surface area (Å²) in [7, 11) is 0. The normalized spacial score (nSPS) is 20.0. The second kappa shape index (κ2) is 6.32. The Morgan fingerprint density at radius 1 is 1.48 bits per heavy atom. The lowest BCUT2D eigenvalue weighted by Crippen LogP contribution is -2.45. The van der Waals surface area contributed by atoms with Crippen LogP contribution < -0.4 is 5.32 Å². The maximum Gasteiger partial charge on any atom is 0.229 e. The van der Waals surface area contributed by atoms with Crippen LogP contribution in [-0.2, 0) is 6.54 Å². The van der Waals surface area contributed by atoms with E-state index in [2.05, 4.69) is 45.3 Å². The fraction of sp³-hybridized carbons (Fsp3) is 0.533. The van der Waals surface area contributed by atoms with Crippen LogP contribution in [0, 0.1) is 0 Å². The molecule has 0 radical (unpaired) electrons. The van der Waals surface area contributed by atoms with Crippen molar-refractivity contribution in [3.8, 4) is 0 Å². The lowest BCUT2D eigenvalue weighted by Gasteiger charge is -2.35. The molecule has 1 N–H and O–H groups in total. The van der Waals surface area contributed by atoms with Crippen LogP contribution in [0.1, 0.15) is 43.1 Å². The number of aromatic nitrogens is 3. The second-order valence-corrected chi connectivity index (χ2v) is 5.68. The predicted molar refractivity (Wildman–Crippen MR) is 78.6 cm³/mol. The van der Waals surface area contributed by atoms with Crippen LogP contribution in [0.3, 0.4) is 0 Å². The number of piperazine rings is 1. The van der Waals surface area contributed by atoms with Gasteiger partial charge in [0, 0.05) is 44.0 Å². The van der Waals surface area contributed by atoms with Gasteiger partial charge in [-0.3, -0.25) is 9.88 Å². The highest BCUT2D eigenvalue weighted by molar-refractivity contribution is 5.15. The van der Waals surface area contributed by atoms with Crippen molar-refractivity contribution >= 4 is 0 Å². The number of hydrogen-bond acceptors (Lipinski definition) is 6. The highest BCUT2D eigenvalue weighted by atomic mass is 16.5. The molecule has 1 aliphatic rings. The maximum absolute atomic E-state index is 5.29. The summed E-state index contributed by atoms with van der Waals surface area (Å²) in [6.07, 6.45) is 3.73. The van der Waals surface area contributed by atoms with Gasteiger partial charge < -0.3 is 9.84 Å². The minimum absolute atomic E-state index is 0.267. The van der Waals surface area contributed by atoms with Crippen molar-refractivity contribution in [1.82, 2.24) is 25.3 Å². The largest absolute Gasteiger partial charge is 0.339 e. The highest BCUT2D eigenvalue weighted by Gasteiger charge is 2.25. The second-order valence-electron chi connectivity index (χ2n) is 5.68. The Labute approximate surface area is 124 Å². The summed E-state index contributed by atoms with van der Waals surface area (Å²) in [5.41, 5.74) is 1.22. The van der Waals surface area contributed by atoms with Gasteiger partial charge in [-0.05, 0) is 11.6 Å². The molecule has 2 aromatic rings. The van der Waals surface area contributed by atoms with Crippen molar-refractivity contribution < 1.29 is 4.52 Å². The standard InChI is InChI=1S/C15H21N5O/c1-11(2)15-18-14(19-21-15)10-20-7-6-17-9-13(20)12-4-3-5-16-8-12/h3-5,8,11,13,17H,6-7,9-10H2,1-2H3. The molecule has 6 nitrogen and oxygen atoms in total. The van der Waals surface area contributed by atoms with E-state index in [1.807, 2.05) is 12.3 Å². The fourth-order valence-corrected chi connectivity index (χ4v) is 2.59. The zero-order valence-electron chi connectivity index (χ0n) is 12.5. The minimum atomic E-state index is 0.267. The monoisotopic (exact) mass is 287 g/mol. The molecule has 0 saturated carbocycles. The van der Waals surface area contributed by atoms with E-state index in [0.717, 1.165) is 25.5 Å². The van der Waals surface area contributed by atoms with Gasteiger partial charge in [0.15, 0.2) is 5.82 Å². The Kier molecular flexibility index (Phi) is 4.26. The van der Waals surface area contributed by atoms with Crippen molar-refractivity contribution in [2.24, 2.45) is 0 Å². The Bertz CT molecular complexity index is 568. The molecule has 21 heavy (non-hydrogen) atoms. The molecule has 1 atom stereocenters. The Morgan fingerprint density at radius 3 is 3.10 bits per heavy atom. The van der Waals surface area contributed by atoms with Gasteiger partial charge in [0.25, 0.3) is 0 Å². The van der Waals surface area contributed by atoms with Crippen LogP contribution in [0.25, 0.3) is 0 Å². The third-order valence-electron chi connectivity index (χ3n) is 3.75. The summed E-state index contributed by atoms with van der Waals surface area (Å²) in [5, 5.41) is 7.53. The molecule has 3 heterocycles.